The molecule has 0 bridgehead atoms. The van der Waals surface area contributed by atoms with E-state index in [1.54, 1.807) is 12.1 Å². The lowest BCUT2D eigenvalue weighted by Crippen LogP contribution is -2.10. The van der Waals surface area contributed by atoms with Crippen molar-refractivity contribution in [3.05, 3.63) is 46.3 Å². The first-order chi connectivity index (χ1) is 9.67. The Hall–Kier alpha value is -2.08. The fourth-order valence-electron chi connectivity index (χ4n) is 1.92. The van der Waals surface area contributed by atoms with Gasteiger partial charge in [-0.25, -0.2) is 0 Å². The van der Waals surface area contributed by atoms with Gasteiger partial charge in [-0.2, -0.15) is 5.10 Å². The number of aryl methyl sites for hydroxylation is 1. The second-order valence-corrected chi connectivity index (χ2v) is 5.21. The Morgan fingerprint density at radius 3 is 3.00 bits per heavy atom. The van der Waals surface area contributed by atoms with E-state index in [-0.39, 0.29) is 11.7 Å². The number of anilines is 1. The van der Waals surface area contributed by atoms with E-state index in [1.807, 2.05) is 25.1 Å². The van der Waals surface area contributed by atoms with E-state index in [1.165, 1.54) is 0 Å². The third kappa shape index (κ3) is 2.34. The van der Waals surface area contributed by atoms with Crippen molar-refractivity contribution in [3.8, 4) is 0 Å². The predicted molar refractivity (Wildman–Crippen MR) is 79.8 cm³/mol. The van der Waals surface area contributed by atoms with Gasteiger partial charge < -0.3 is 9.73 Å². The third-order valence-corrected chi connectivity index (χ3v) is 3.60. The minimum Gasteiger partial charge on any atom is -0.450 e. The van der Waals surface area contributed by atoms with Gasteiger partial charge in [-0.1, -0.05) is 19.1 Å². The molecule has 0 unspecified atom stereocenters. The number of nitrogens with one attached hydrogen (secondary N) is 2. The van der Waals surface area contributed by atoms with Crippen LogP contribution < -0.4 is 5.32 Å². The number of hydrogen-bond donors (Lipinski definition) is 2. The average molecular weight is 334 g/mol. The highest BCUT2D eigenvalue weighted by Crippen LogP contribution is 2.27. The Kier molecular flexibility index (Phi) is 3.31. The number of hydrogen-bond acceptors (Lipinski definition) is 3. The predicted octanol–water partition coefficient (Wildman–Crippen LogP) is 3.73. The van der Waals surface area contributed by atoms with E-state index in [4.69, 9.17) is 4.42 Å². The number of carbonyl (C=O) groups is 1. The van der Waals surface area contributed by atoms with Gasteiger partial charge in [0.05, 0.1) is 4.47 Å². The van der Waals surface area contributed by atoms with Crippen molar-refractivity contribution < 1.29 is 9.21 Å². The van der Waals surface area contributed by atoms with Crippen molar-refractivity contribution in [1.29, 1.82) is 0 Å². The number of furan rings is 1. The Labute approximate surface area is 123 Å². The molecule has 0 aliphatic heterocycles. The smallest absolute Gasteiger partial charge is 0.292 e. The molecule has 1 amide bonds. The van der Waals surface area contributed by atoms with Crippen LogP contribution >= 0.6 is 15.9 Å². The summed E-state index contributed by atoms with van der Waals surface area (Å²) < 4.78 is 6.39. The molecule has 2 heterocycles. The molecule has 0 aliphatic carbocycles. The third-order valence-electron chi connectivity index (χ3n) is 2.97. The summed E-state index contributed by atoms with van der Waals surface area (Å²) in [7, 11) is 0. The van der Waals surface area contributed by atoms with Crippen LogP contribution in [0.2, 0.25) is 0 Å². The van der Waals surface area contributed by atoms with Crippen LogP contribution in [0.3, 0.4) is 0 Å². The van der Waals surface area contributed by atoms with Gasteiger partial charge in [0.15, 0.2) is 11.6 Å². The molecule has 0 radical (unpaired) electrons. The second kappa shape index (κ2) is 5.13. The van der Waals surface area contributed by atoms with Gasteiger partial charge in [-0.05, 0) is 34.5 Å². The van der Waals surface area contributed by atoms with Crippen molar-refractivity contribution >= 4 is 38.6 Å². The molecule has 0 spiro atoms. The van der Waals surface area contributed by atoms with Crippen LogP contribution in [0.25, 0.3) is 11.0 Å². The minimum absolute atomic E-state index is 0.257. The maximum Gasteiger partial charge on any atom is 0.292 e. The zero-order valence-corrected chi connectivity index (χ0v) is 12.3. The van der Waals surface area contributed by atoms with Crippen molar-refractivity contribution in [1.82, 2.24) is 10.2 Å². The van der Waals surface area contributed by atoms with Crippen LogP contribution in [-0.4, -0.2) is 16.1 Å². The largest absolute Gasteiger partial charge is 0.450 e. The molecule has 2 aromatic heterocycles. The zero-order valence-electron chi connectivity index (χ0n) is 10.7. The Bertz CT molecular complexity index is 776. The van der Waals surface area contributed by atoms with E-state index in [0.29, 0.717) is 11.4 Å². The molecule has 102 valence electrons. The molecule has 0 atom stereocenters. The first-order valence-corrected chi connectivity index (χ1v) is 7.00. The van der Waals surface area contributed by atoms with Gasteiger partial charge in [-0.15, -0.1) is 0 Å². The maximum atomic E-state index is 12.1. The van der Waals surface area contributed by atoms with Gasteiger partial charge in [-0.3, -0.25) is 9.89 Å². The number of carbonyl (C=O) groups excluding carboxylic acids is 1. The van der Waals surface area contributed by atoms with Crippen LogP contribution in [0.1, 0.15) is 23.2 Å². The van der Waals surface area contributed by atoms with Crippen LogP contribution in [0.4, 0.5) is 5.82 Å². The van der Waals surface area contributed by atoms with Gasteiger partial charge in [0.1, 0.15) is 5.58 Å². The SMILES string of the molecule is CCc1cc(NC(=O)c2cc3cccc(Br)c3o2)n[nH]1. The molecule has 6 heteroatoms. The van der Waals surface area contributed by atoms with Crippen LogP contribution in [0, 0.1) is 0 Å². The number of H-pyrrole nitrogens is 1. The molecule has 5 nitrogen and oxygen atoms in total. The van der Waals surface area contributed by atoms with Gasteiger partial charge in [0.25, 0.3) is 5.91 Å². The summed E-state index contributed by atoms with van der Waals surface area (Å²) in [5.41, 5.74) is 1.63. The maximum absolute atomic E-state index is 12.1. The molecule has 3 aromatic rings. The normalized spacial score (nSPS) is 10.9. The molecule has 0 saturated carbocycles. The van der Waals surface area contributed by atoms with Gasteiger partial charge >= 0.3 is 0 Å². The second-order valence-electron chi connectivity index (χ2n) is 4.35. The number of fused-ring (bicyclic) bond motifs is 1. The summed E-state index contributed by atoms with van der Waals surface area (Å²) >= 11 is 3.40. The summed E-state index contributed by atoms with van der Waals surface area (Å²) in [6.45, 7) is 2.01. The first kappa shape index (κ1) is 12.9. The fourth-order valence-corrected chi connectivity index (χ4v) is 2.39. The average Bonchev–Trinajstić information content (AvgIpc) is 3.05. The summed E-state index contributed by atoms with van der Waals surface area (Å²) in [5, 5.41) is 10.4. The van der Waals surface area contributed by atoms with Crippen LogP contribution in [0.5, 0.6) is 0 Å². The molecule has 3 rings (SSSR count). The van der Waals surface area contributed by atoms with Crippen molar-refractivity contribution in [2.45, 2.75) is 13.3 Å². The standard InChI is InChI=1S/C14H12BrN3O2/c1-2-9-7-12(18-17-9)16-14(19)11-6-8-4-3-5-10(15)13(8)20-11/h3-7H,2H2,1H3,(H2,16,17,18,19). The number of nitrogens with zero attached hydrogens (tertiary/aromatic N) is 1. The molecule has 1 aromatic carbocycles. The monoisotopic (exact) mass is 333 g/mol. The van der Waals surface area contributed by atoms with Crippen molar-refractivity contribution in [2.75, 3.05) is 5.32 Å². The van der Waals surface area contributed by atoms with E-state index in [2.05, 4.69) is 31.4 Å². The summed E-state index contributed by atoms with van der Waals surface area (Å²) in [5.74, 6) is 0.432. The number of aromatic amines is 1. The lowest BCUT2D eigenvalue weighted by Gasteiger charge is -1.97. The van der Waals surface area contributed by atoms with E-state index in [0.717, 1.165) is 22.0 Å². The molecule has 2 N–H and O–H groups in total. The van der Waals surface area contributed by atoms with Crippen molar-refractivity contribution in [2.24, 2.45) is 0 Å². The van der Waals surface area contributed by atoms with E-state index < -0.39 is 0 Å². The summed E-state index contributed by atoms with van der Waals surface area (Å²) in [6, 6.07) is 9.17. The lowest BCUT2D eigenvalue weighted by molar-refractivity contribution is 0.0998. The Morgan fingerprint density at radius 2 is 2.30 bits per heavy atom. The molecule has 0 fully saturated rings. The highest BCUT2D eigenvalue weighted by Gasteiger charge is 2.14. The minimum atomic E-state index is -0.317. The number of amides is 1. The first-order valence-electron chi connectivity index (χ1n) is 6.21. The molecular weight excluding hydrogens is 322 g/mol. The lowest BCUT2D eigenvalue weighted by atomic mass is 10.2. The highest BCUT2D eigenvalue weighted by molar-refractivity contribution is 9.10. The molecule has 20 heavy (non-hydrogen) atoms. The van der Waals surface area contributed by atoms with E-state index in [9.17, 15) is 4.79 Å². The molecular formula is C14H12BrN3O2. The highest BCUT2D eigenvalue weighted by atomic mass is 79.9. The number of aromatic nitrogens is 2. The quantitative estimate of drug-likeness (QED) is 0.767. The molecule has 0 aliphatic rings. The Morgan fingerprint density at radius 1 is 1.45 bits per heavy atom. The van der Waals surface area contributed by atoms with E-state index >= 15 is 0 Å². The fraction of sp³-hybridized carbons (Fsp3) is 0.143. The zero-order chi connectivity index (χ0) is 14.1. The number of halogens is 1. The van der Waals surface area contributed by atoms with Crippen LogP contribution in [0.15, 0.2) is 39.2 Å². The summed E-state index contributed by atoms with van der Waals surface area (Å²) in [4.78, 5) is 12.1. The number of benzene rings is 1. The van der Waals surface area contributed by atoms with Crippen molar-refractivity contribution in [3.63, 3.8) is 0 Å². The Balaban J connectivity index is 1.86. The number of para-hydroxylation sites is 1. The van der Waals surface area contributed by atoms with Gasteiger partial charge in [0, 0.05) is 17.1 Å². The van der Waals surface area contributed by atoms with Crippen LogP contribution in [-0.2, 0) is 6.42 Å². The summed E-state index contributed by atoms with van der Waals surface area (Å²) in [6.07, 6.45) is 0.834. The van der Waals surface area contributed by atoms with Gasteiger partial charge in [0.2, 0.25) is 0 Å². The number of rotatable bonds is 3. The molecule has 0 saturated heterocycles. The topological polar surface area (TPSA) is 70.9 Å².